The van der Waals surface area contributed by atoms with Gasteiger partial charge in [-0.15, -0.1) is 0 Å². The van der Waals surface area contributed by atoms with Crippen molar-refractivity contribution in [3.05, 3.63) is 30.1 Å². The van der Waals surface area contributed by atoms with Gasteiger partial charge < -0.3 is 10.1 Å². The number of rotatable bonds is 7. The second kappa shape index (κ2) is 7.41. The molecule has 0 aromatic carbocycles. The number of amides is 1. The predicted molar refractivity (Wildman–Crippen MR) is 87.2 cm³/mol. The van der Waals surface area contributed by atoms with Crippen LogP contribution < -0.4 is 10.0 Å². The smallest absolute Gasteiger partial charge is 0.341 e. The number of nitrogens with zero attached hydrogens (tertiary/aromatic N) is 2. The fourth-order valence-corrected chi connectivity index (χ4v) is 2.47. The van der Waals surface area contributed by atoms with E-state index in [9.17, 15) is 18.0 Å². The topological polar surface area (TPSA) is 119 Å². The second-order valence-electron chi connectivity index (χ2n) is 4.99. The van der Waals surface area contributed by atoms with Gasteiger partial charge in [-0.2, -0.15) is 5.10 Å². The maximum atomic E-state index is 11.9. The van der Waals surface area contributed by atoms with Gasteiger partial charge >= 0.3 is 5.97 Å². The Morgan fingerprint density at radius 2 is 2.12 bits per heavy atom. The summed E-state index contributed by atoms with van der Waals surface area (Å²) in [6, 6.07) is 3.22. The molecular weight excluding hydrogens is 336 g/mol. The second-order valence-corrected chi connectivity index (χ2v) is 6.82. The van der Waals surface area contributed by atoms with Gasteiger partial charge in [-0.25, -0.2) is 22.4 Å². The highest BCUT2D eigenvalue weighted by molar-refractivity contribution is 7.88. The number of anilines is 1. The molecule has 130 valence electrons. The monoisotopic (exact) mass is 354 g/mol. The van der Waals surface area contributed by atoms with Gasteiger partial charge in [-0.05, 0) is 19.1 Å². The number of esters is 1. The molecule has 0 unspecified atom stereocenters. The van der Waals surface area contributed by atoms with Gasteiger partial charge in [-0.3, -0.25) is 4.79 Å². The van der Waals surface area contributed by atoms with Crippen molar-refractivity contribution in [1.82, 2.24) is 14.3 Å². The van der Waals surface area contributed by atoms with Gasteiger partial charge in [0.25, 0.3) is 0 Å². The van der Waals surface area contributed by atoms with E-state index in [1.807, 2.05) is 0 Å². The molecule has 0 aliphatic rings. The Bertz CT molecular complexity index is 859. The number of aromatic nitrogens is 2. The van der Waals surface area contributed by atoms with Gasteiger partial charge in [-0.1, -0.05) is 0 Å². The van der Waals surface area contributed by atoms with E-state index in [1.165, 1.54) is 10.7 Å². The highest BCUT2D eigenvalue weighted by Crippen LogP contribution is 2.17. The molecule has 10 heteroatoms. The van der Waals surface area contributed by atoms with Crippen LogP contribution >= 0.6 is 0 Å². The molecule has 2 aromatic rings. The molecule has 0 radical (unpaired) electrons. The fourth-order valence-electron chi connectivity index (χ4n) is 2.00. The summed E-state index contributed by atoms with van der Waals surface area (Å²) in [5.74, 6) is -0.846. The molecule has 2 heterocycles. The Labute approximate surface area is 139 Å². The number of carbonyl (C=O) groups is 2. The molecule has 2 aromatic heterocycles. The Kier molecular flexibility index (Phi) is 5.52. The third-order valence-corrected chi connectivity index (χ3v) is 3.75. The van der Waals surface area contributed by atoms with Crippen LogP contribution in [0.15, 0.2) is 24.5 Å². The van der Waals surface area contributed by atoms with Crippen molar-refractivity contribution in [2.45, 2.75) is 13.3 Å². The summed E-state index contributed by atoms with van der Waals surface area (Å²) in [7, 11) is -3.33. The van der Waals surface area contributed by atoms with Crippen molar-refractivity contribution < 1.29 is 22.7 Å². The number of hydrogen-bond donors (Lipinski definition) is 2. The van der Waals surface area contributed by atoms with E-state index < -0.39 is 16.0 Å². The molecule has 0 aliphatic heterocycles. The molecular formula is C14H18N4O5S. The van der Waals surface area contributed by atoms with Gasteiger partial charge in [0.2, 0.25) is 15.9 Å². The van der Waals surface area contributed by atoms with Crippen LogP contribution in [0, 0.1) is 0 Å². The lowest BCUT2D eigenvalue weighted by molar-refractivity contribution is -0.116. The largest absolute Gasteiger partial charge is 0.462 e. The molecule has 2 rings (SSSR count). The SMILES string of the molecule is CCOC(=O)c1cnn2ccc(NC(=O)CCNS(C)(=O)=O)cc12. The first-order valence-corrected chi connectivity index (χ1v) is 9.08. The molecule has 0 atom stereocenters. The normalized spacial score (nSPS) is 11.4. The third kappa shape index (κ3) is 4.77. The zero-order valence-corrected chi connectivity index (χ0v) is 14.1. The molecule has 1 amide bonds. The highest BCUT2D eigenvalue weighted by Gasteiger charge is 2.14. The number of fused-ring (bicyclic) bond motifs is 1. The lowest BCUT2D eigenvalue weighted by Gasteiger charge is -2.07. The molecule has 9 nitrogen and oxygen atoms in total. The Hall–Kier alpha value is -2.46. The Balaban J connectivity index is 2.08. The molecule has 2 N–H and O–H groups in total. The van der Waals surface area contributed by atoms with Crippen molar-refractivity contribution in [2.24, 2.45) is 0 Å². The zero-order valence-electron chi connectivity index (χ0n) is 13.3. The van der Waals surface area contributed by atoms with E-state index in [1.54, 1.807) is 25.3 Å². The van der Waals surface area contributed by atoms with Gasteiger partial charge in [0.15, 0.2) is 0 Å². The van der Waals surface area contributed by atoms with Crippen LogP contribution in [-0.2, 0) is 19.6 Å². The fraction of sp³-hybridized carbons (Fsp3) is 0.357. The number of carbonyl (C=O) groups excluding carboxylic acids is 2. The summed E-state index contributed by atoms with van der Waals surface area (Å²) in [6.07, 6.45) is 4.01. The molecule has 24 heavy (non-hydrogen) atoms. The maximum Gasteiger partial charge on any atom is 0.341 e. The first-order valence-electron chi connectivity index (χ1n) is 7.19. The maximum absolute atomic E-state index is 11.9. The van der Waals surface area contributed by atoms with Gasteiger partial charge in [0.05, 0.1) is 24.6 Å². The van der Waals surface area contributed by atoms with E-state index in [0.29, 0.717) is 16.8 Å². The quantitative estimate of drug-likeness (QED) is 0.694. The summed E-state index contributed by atoms with van der Waals surface area (Å²) in [5, 5.41) is 6.69. The number of hydrogen-bond acceptors (Lipinski definition) is 6. The summed E-state index contributed by atoms with van der Waals surface area (Å²) in [4.78, 5) is 23.7. The van der Waals surface area contributed by atoms with Crippen LogP contribution in [0.2, 0.25) is 0 Å². The third-order valence-electron chi connectivity index (χ3n) is 3.02. The summed E-state index contributed by atoms with van der Waals surface area (Å²) < 4.78 is 30.6. The van der Waals surface area contributed by atoms with Crippen molar-refractivity contribution in [3.63, 3.8) is 0 Å². The molecule has 0 bridgehead atoms. The minimum Gasteiger partial charge on any atom is -0.462 e. The number of ether oxygens (including phenoxy) is 1. The number of nitrogens with one attached hydrogen (secondary N) is 2. The van der Waals surface area contributed by atoms with Crippen molar-refractivity contribution in [2.75, 3.05) is 24.7 Å². The number of sulfonamides is 1. The van der Waals surface area contributed by atoms with E-state index >= 15 is 0 Å². The Morgan fingerprint density at radius 3 is 2.79 bits per heavy atom. The van der Waals surface area contributed by atoms with Crippen LogP contribution in [0.3, 0.4) is 0 Å². The van der Waals surface area contributed by atoms with E-state index in [0.717, 1.165) is 6.26 Å². The van der Waals surface area contributed by atoms with Crippen molar-refractivity contribution >= 4 is 33.1 Å². The average Bonchev–Trinajstić information content (AvgIpc) is 2.89. The van der Waals surface area contributed by atoms with E-state index in [-0.39, 0.29) is 25.5 Å². The van der Waals surface area contributed by atoms with Crippen LogP contribution in [0.4, 0.5) is 5.69 Å². The lowest BCUT2D eigenvalue weighted by Crippen LogP contribution is -2.26. The van der Waals surface area contributed by atoms with Gasteiger partial charge in [0, 0.05) is 24.8 Å². The molecule has 0 fully saturated rings. The van der Waals surface area contributed by atoms with Gasteiger partial charge in [0.1, 0.15) is 5.56 Å². The van der Waals surface area contributed by atoms with Crippen LogP contribution in [-0.4, -0.2) is 49.3 Å². The average molecular weight is 354 g/mol. The van der Waals surface area contributed by atoms with Crippen molar-refractivity contribution in [3.8, 4) is 0 Å². The minimum atomic E-state index is -3.33. The first-order chi connectivity index (χ1) is 11.3. The molecule has 0 saturated heterocycles. The predicted octanol–water partition coefficient (Wildman–Crippen LogP) is 0.389. The molecule has 0 spiro atoms. The highest BCUT2D eigenvalue weighted by atomic mass is 32.2. The summed E-state index contributed by atoms with van der Waals surface area (Å²) >= 11 is 0. The summed E-state index contributed by atoms with van der Waals surface area (Å²) in [5.41, 5.74) is 1.27. The minimum absolute atomic E-state index is 0.00761. The van der Waals surface area contributed by atoms with Crippen LogP contribution in [0.1, 0.15) is 23.7 Å². The van der Waals surface area contributed by atoms with Crippen LogP contribution in [0.25, 0.3) is 5.52 Å². The van der Waals surface area contributed by atoms with E-state index in [2.05, 4.69) is 15.1 Å². The lowest BCUT2D eigenvalue weighted by atomic mass is 10.2. The first kappa shape index (κ1) is 17.9. The molecule has 0 saturated carbocycles. The van der Waals surface area contributed by atoms with Crippen LogP contribution in [0.5, 0.6) is 0 Å². The summed E-state index contributed by atoms with van der Waals surface area (Å²) in [6.45, 7) is 1.97. The number of pyridine rings is 1. The van der Waals surface area contributed by atoms with E-state index in [4.69, 9.17) is 4.74 Å². The molecule has 0 aliphatic carbocycles. The Morgan fingerprint density at radius 1 is 1.38 bits per heavy atom. The standard InChI is InChI=1S/C14H18N4O5S/c1-3-23-14(20)11-9-15-18-7-5-10(8-12(11)18)17-13(19)4-6-16-24(2,21)22/h5,7-9,16H,3-4,6H2,1-2H3,(H,17,19). The zero-order chi connectivity index (χ0) is 17.7. The van der Waals surface area contributed by atoms with Crippen molar-refractivity contribution in [1.29, 1.82) is 0 Å².